The number of nitrogens with one attached hydrogen (secondary N) is 2. The van der Waals surface area contributed by atoms with Crippen molar-refractivity contribution in [3.63, 3.8) is 0 Å². The summed E-state index contributed by atoms with van der Waals surface area (Å²) in [5.74, 6) is 3.44. The zero-order chi connectivity index (χ0) is 27.8. The number of nitrogens with zero attached hydrogens (tertiary/aromatic N) is 6. The summed E-state index contributed by atoms with van der Waals surface area (Å²) in [6.07, 6.45) is 3.39. The van der Waals surface area contributed by atoms with E-state index < -0.39 is 34.9 Å². The van der Waals surface area contributed by atoms with Gasteiger partial charge in [0.15, 0.2) is 35.6 Å². The first-order chi connectivity index (χ1) is 18.7. The van der Waals surface area contributed by atoms with Gasteiger partial charge in [0.2, 0.25) is 0 Å². The first kappa shape index (κ1) is 25.9. The molecule has 2 amide bonds. The van der Waals surface area contributed by atoms with Gasteiger partial charge in [-0.2, -0.15) is 0 Å². The molecule has 0 aromatic carbocycles. The summed E-state index contributed by atoms with van der Waals surface area (Å²) in [6, 6.07) is 2.44. The maximum absolute atomic E-state index is 13.1. The number of carboxylic acid groups (broad SMARTS) is 1. The SMILES string of the molecule is CO/N=C(/C(=O)N[C@@H]1C(=O)N2C(C(=O)O)=C(C[n+]3cccc(-c4nn(N)c(=O)[nH]4)c3)CS[C@H]12)c1csc(N)n1. The number of thioether (sulfide) groups is 1. The lowest BCUT2D eigenvalue weighted by molar-refractivity contribution is -0.688. The Kier molecular flexibility index (Phi) is 6.79. The highest BCUT2D eigenvalue weighted by atomic mass is 32.2. The normalized spacial score (nSPS) is 18.9. The average Bonchev–Trinajstić information content (AvgIpc) is 3.49. The van der Waals surface area contributed by atoms with E-state index in [1.165, 1.54) is 29.2 Å². The van der Waals surface area contributed by atoms with Gasteiger partial charge < -0.3 is 26.8 Å². The zero-order valence-corrected chi connectivity index (χ0v) is 21.7. The number of H-pyrrole nitrogens is 1. The molecule has 0 radical (unpaired) electrons. The summed E-state index contributed by atoms with van der Waals surface area (Å²) in [6.45, 7) is 0.152. The van der Waals surface area contributed by atoms with E-state index in [9.17, 15) is 24.3 Å². The lowest BCUT2D eigenvalue weighted by atomic mass is 10.0. The van der Waals surface area contributed by atoms with E-state index in [-0.39, 0.29) is 40.4 Å². The number of carbonyl (C=O) groups is 3. The van der Waals surface area contributed by atoms with Crippen molar-refractivity contribution in [2.75, 3.05) is 24.4 Å². The van der Waals surface area contributed by atoms with E-state index in [2.05, 4.69) is 25.5 Å². The van der Waals surface area contributed by atoms with Crippen LogP contribution in [0.2, 0.25) is 0 Å². The number of β-lactam (4-membered cyclic amide) rings is 1. The summed E-state index contributed by atoms with van der Waals surface area (Å²) in [7, 11) is 1.26. The Morgan fingerprint density at radius 2 is 2.21 bits per heavy atom. The van der Waals surface area contributed by atoms with Crippen LogP contribution in [0.25, 0.3) is 11.4 Å². The molecule has 2 aliphatic rings. The molecule has 0 saturated carbocycles. The second-order valence-electron chi connectivity index (χ2n) is 8.30. The summed E-state index contributed by atoms with van der Waals surface area (Å²) in [4.78, 5) is 63.0. The molecule has 5 heterocycles. The molecule has 1 saturated heterocycles. The first-order valence-electron chi connectivity index (χ1n) is 11.1. The maximum atomic E-state index is 13.1. The number of nitrogen functional groups attached to an aromatic ring is 2. The number of anilines is 1. The van der Waals surface area contributed by atoms with Gasteiger partial charge in [-0.15, -0.1) is 33.0 Å². The standard InChI is InChI=1S/C21H20N10O6S2/c1-37-28-12(11-8-39-20(22)24-11)16(32)25-13-17(33)30-14(19(34)35)10(7-38-18(13)30)6-29-4-2-3-9(5-29)15-26-21(36)31(23)27-15/h2-5,8,13,18H,6-7,23H2,1H3,(H4-,22,24,25,26,27,32,34,35,36)/p+1/b28-12+/t13-,18-/m1/s1. The number of carbonyl (C=O) groups excluding carboxylic acids is 2. The molecule has 18 heteroatoms. The topological polar surface area (TPSA) is 228 Å². The Labute approximate surface area is 226 Å². The molecule has 0 bridgehead atoms. The van der Waals surface area contributed by atoms with Gasteiger partial charge in [0.05, 0.1) is 5.56 Å². The van der Waals surface area contributed by atoms with Crippen molar-refractivity contribution in [3.8, 4) is 11.4 Å². The Hall–Kier alpha value is -4.71. The highest BCUT2D eigenvalue weighted by Crippen LogP contribution is 2.40. The summed E-state index contributed by atoms with van der Waals surface area (Å²) in [5, 5.41) is 21.4. The van der Waals surface area contributed by atoms with Gasteiger partial charge in [-0.1, -0.05) is 5.16 Å². The van der Waals surface area contributed by atoms with Gasteiger partial charge in [0.1, 0.15) is 29.9 Å². The fourth-order valence-corrected chi connectivity index (χ4v) is 6.04. The van der Waals surface area contributed by atoms with Crippen LogP contribution in [0, 0.1) is 0 Å². The van der Waals surface area contributed by atoms with Crippen LogP contribution in [-0.2, 0) is 25.8 Å². The number of carboxylic acids is 1. The zero-order valence-electron chi connectivity index (χ0n) is 20.1. The van der Waals surface area contributed by atoms with Crippen LogP contribution in [0.4, 0.5) is 5.13 Å². The van der Waals surface area contributed by atoms with Crippen LogP contribution in [0.5, 0.6) is 0 Å². The van der Waals surface area contributed by atoms with E-state index in [1.54, 1.807) is 29.1 Å². The Balaban J connectivity index is 1.35. The number of nitrogens with two attached hydrogens (primary N) is 2. The summed E-state index contributed by atoms with van der Waals surface area (Å²) >= 11 is 2.43. The minimum absolute atomic E-state index is 0.148. The number of oxime groups is 1. The molecule has 2 atom stereocenters. The van der Waals surface area contributed by atoms with Crippen molar-refractivity contribution in [2.24, 2.45) is 5.16 Å². The molecular formula is C21H21N10O6S2+. The molecule has 39 heavy (non-hydrogen) atoms. The van der Waals surface area contributed by atoms with Crippen LogP contribution >= 0.6 is 23.1 Å². The number of fused-ring (bicyclic) bond motifs is 1. The van der Waals surface area contributed by atoms with Gasteiger partial charge in [0.25, 0.3) is 11.8 Å². The highest BCUT2D eigenvalue weighted by Gasteiger charge is 2.54. The maximum Gasteiger partial charge on any atom is 0.362 e. The number of thiazole rings is 1. The second kappa shape index (κ2) is 10.2. The van der Waals surface area contributed by atoms with E-state index in [1.807, 2.05) is 0 Å². The third-order valence-corrected chi connectivity index (χ3v) is 7.86. The Bertz CT molecular complexity index is 1610. The number of aromatic nitrogens is 5. The van der Waals surface area contributed by atoms with Crippen molar-refractivity contribution in [2.45, 2.75) is 18.0 Å². The predicted octanol–water partition coefficient (Wildman–Crippen LogP) is -1.93. The molecular weight excluding hydrogens is 552 g/mol. The quantitative estimate of drug-likeness (QED) is 0.0655. The molecule has 3 aromatic rings. The number of rotatable bonds is 8. The molecule has 16 nitrogen and oxygen atoms in total. The third kappa shape index (κ3) is 4.81. The monoisotopic (exact) mass is 573 g/mol. The molecule has 1 fully saturated rings. The molecule has 202 valence electrons. The lowest BCUT2D eigenvalue weighted by Crippen LogP contribution is -2.71. The molecule has 0 unspecified atom stereocenters. The van der Waals surface area contributed by atoms with Crippen molar-refractivity contribution in [3.05, 3.63) is 57.4 Å². The second-order valence-corrected chi connectivity index (χ2v) is 10.3. The van der Waals surface area contributed by atoms with Crippen LogP contribution in [-0.4, -0.2) is 77.6 Å². The third-order valence-electron chi connectivity index (χ3n) is 5.84. The number of amides is 2. The fourth-order valence-electron chi connectivity index (χ4n) is 4.15. The van der Waals surface area contributed by atoms with Gasteiger partial charge >= 0.3 is 11.7 Å². The fraction of sp³-hybridized carbons (Fsp3) is 0.238. The van der Waals surface area contributed by atoms with E-state index in [0.29, 0.717) is 15.9 Å². The van der Waals surface area contributed by atoms with Crippen molar-refractivity contribution < 1.29 is 28.9 Å². The van der Waals surface area contributed by atoms with E-state index in [0.717, 1.165) is 11.3 Å². The Morgan fingerprint density at radius 3 is 2.85 bits per heavy atom. The van der Waals surface area contributed by atoms with Gasteiger partial charge in [-0.3, -0.25) is 19.5 Å². The molecule has 5 rings (SSSR count). The summed E-state index contributed by atoms with van der Waals surface area (Å²) < 4.78 is 1.71. The smallest absolute Gasteiger partial charge is 0.362 e. The van der Waals surface area contributed by atoms with Gasteiger partial charge in [-0.05, 0) is 6.07 Å². The number of hydrogen-bond donors (Lipinski definition) is 5. The highest BCUT2D eigenvalue weighted by molar-refractivity contribution is 8.00. The molecule has 2 aliphatic heterocycles. The van der Waals surface area contributed by atoms with Crippen molar-refractivity contribution >= 4 is 51.7 Å². The Morgan fingerprint density at radius 1 is 1.41 bits per heavy atom. The number of pyridine rings is 1. The molecule has 7 N–H and O–H groups in total. The van der Waals surface area contributed by atoms with Crippen LogP contribution in [0.3, 0.4) is 0 Å². The van der Waals surface area contributed by atoms with Crippen molar-refractivity contribution in [1.82, 2.24) is 30.1 Å². The number of aliphatic carboxylic acids is 1. The molecule has 3 aromatic heterocycles. The van der Waals surface area contributed by atoms with Gasteiger partial charge in [-0.25, -0.2) is 19.1 Å². The molecule has 0 aliphatic carbocycles. The number of hydrogen-bond acceptors (Lipinski definition) is 12. The first-order valence-corrected chi connectivity index (χ1v) is 13.1. The summed E-state index contributed by atoms with van der Waals surface area (Å²) in [5.41, 5.74) is 5.98. The minimum atomic E-state index is -1.27. The average molecular weight is 574 g/mol. The van der Waals surface area contributed by atoms with Gasteiger partial charge in [0, 0.05) is 22.8 Å². The predicted molar refractivity (Wildman–Crippen MR) is 138 cm³/mol. The minimum Gasteiger partial charge on any atom is -0.477 e. The van der Waals surface area contributed by atoms with Crippen molar-refractivity contribution in [1.29, 1.82) is 0 Å². The van der Waals surface area contributed by atoms with Crippen LogP contribution < -0.4 is 27.1 Å². The van der Waals surface area contributed by atoms with Crippen LogP contribution in [0.1, 0.15) is 5.69 Å². The molecule has 0 spiro atoms. The van der Waals surface area contributed by atoms with E-state index in [4.69, 9.17) is 16.4 Å². The number of aromatic amines is 1. The largest absolute Gasteiger partial charge is 0.477 e. The van der Waals surface area contributed by atoms with Crippen LogP contribution in [0.15, 0.2) is 51.1 Å². The lowest BCUT2D eigenvalue weighted by Gasteiger charge is -2.49. The van der Waals surface area contributed by atoms with E-state index >= 15 is 0 Å².